The standard InChI is InChI=1S/C11H14N2O2S/c1-8(10(14)13-11(15)12-2)16-9-6-4-3-5-7-9/h3-8H,1-2H3,(H2,12,13,14,15)/t8-/m0/s1. The Bertz CT molecular complexity index is 368. The maximum Gasteiger partial charge on any atom is 0.321 e. The number of rotatable bonds is 3. The van der Waals surface area contributed by atoms with E-state index in [1.165, 1.54) is 18.8 Å². The smallest absolute Gasteiger partial charge is 0.321 e. The monoisotopic (exact) mass is 238 g/mol. The van der Waals surface area contributed by atoms with Crippen LogP contribution in [0.5, 0.6) is 0 Å². The number of carbonyl (C=O) groups is 2. The second-order valence-corrected chi connectivity index (χ2v) is 4.56. The van der Waals surface area contributed by atoms with Gasteiger partial charge in [0, 0.05) is 11.9 Å². The molecule has 0 aromatic heterocycles. The van der Waals surface area contributed by atoms with Crippen LogP contribution in [-0.2, 0) is 4.79 Å². The van der Waals surface area contributed by atoms with E-state index in [1.54, 1.807) is 6.92 Å². The summed E-state index contributed by atoms with van der Waals surface area (Å²) < 4.78 is 0. The van der Waals surface area contributed by atoms with Crippen LogP contribution in [0.25, 0.3) is 0 Å². The summed E-state index contributed by atoms with van der Waals surface area (Å²) in [5.41, 5.74) is 0. The summed E-state index contributed by atoms with van der Waals surface area (Å²) in [5, 5.41) is 4.27. The number of amides is 3. The van der Waals surface area contributed by atoms with Gasteiger partial charge in [-0.25, -0.2) is 4.79 Å². The lowest BCUT2D eigenvalue weighted by Gasteiger charge is -2.10. The maximum absolute atomic E-state index is 11.5. The van der Waals surface area contributed by atoms with Gasteiger partial charge in [0.15, 0.2) is 0 Å². The third kappa shape index (κ3) is 3.94. The van der Waals surface area contributed by atoms with Gasteiger partial charge in [0.1, 0.15) is 0 Å². The van der Waals surface area contributed by atoms with Gasteiger partial charge < -0.3 is 5.32 Å². The number of urea groups is 1. The molecule has 5 heteroatoms. The van der Waals surface area contributed by atoms with Crippen molar-refractivity contribution >= 4 is 23.7 Å². The van der Waals surface area contributed by atoms with Gasteiger partial charge in [-0.2, -0.15) is 0 Å². The first-order valence-corrected chi connectivity index (χ1v) is 5.75. The topological polar surface area (TPSA) is 58.2 Å². The number of carbonyl (C=O) groups excluding carboxylic acids is 2. The van der Waals surface area contributed by atoms with E-state index in [0.717, 1.165) is 4.90 Å². The zero-order chi connectivity index (χ0) is 12.0. The fourth-order valence-corrected chi connectivity index (χ4v) is 1.92. The number of imide groups is 1. The van der Waals surface area contributed by atoms with Crippen molar-refractivity contribution < 1.29 is 9.59 Å². The highest BCUT2D eigenvalue weighted by atomic mass is 32.2. The van der Waals surface area contributed by atoms with Crippen LogP contribution in [-0.4, -0.2) is 24.2 Å². The fraction of sp³-hybridized carbons (Fsp3) is 0.273. The zero-order valence-corrected chi connectivity index (χ0v) is 10.0. The summed E-state index contributed by atoms with van der Waals surface area (Å²) >= 11 is 1.41. The SMILES string of the molecule is CNC(=O)NC(=O)[C@H](C)Sc1ccccc1. The molecule has 2 N–H and O–H groups in total. The maximum atomic E-state index is 11.5. The molecule has 0 saturated heterocycles. The Kier molecular flexibility index (Phi) is 4.85. The number of nitrogens with one attached hydrogen (secondary N) is 2. The van der Waals surface area contributed by atoms with Gasteiger partial charge in [0.25, 0.3) is 0 Å². The second kappa shape index (κ2) is 6.17. The van der Waals surface area contributed by atoms with E-state index in [-0.39, 0.29) is 11.2 Å². The third-order valence-electron chi connectivity index (χ3n) is 1.89. The van der Waals surface area contributed by atoms with E-state index in [9.17, 15) is 9.59 Å². The highest BCUT2D eigenvalue weighted by molar-refractivity contribution is 8.00. The molecule has 0 unspecified atom stereocenters. The molecule has 1 aromatic carbocycles. The zero-order valence-electron chi connectivity index (χ0n) is 9.19. The van der Waals surface area contributed by atoms with E-state index in [2.05, 4.69) is 10.6 Å². The van der Waals surface area contributed by atoms with Crippen LogP contribution in [0.2, 0.25) is 0 Å². The average molecular weight is 238 g/mol. The Morgan fingerprint density at radius 1 is 1.25 bits per heavy atom. The van der Waals surface area contributed by atoms with Gasteiger partial charge in [-0.3, -0.25) is 10.1 Å². The molecule has 1 rings (SSSR count). The van der Waals surface area contributed by atoms with E-state index in [1.807, 2.05) is 30.3 Å². The number of benzene rings is 1. The van der Waals surface area contributed by atoms with Gasteiger partial charge in [0.05, 0.1) is 5.25 Å². The predicted molar refractivity (Wildman–Crippen MR) is 64.4 cm³/mol. The number of hydrogen-bond acceptors (Lipinski definition) is 3. The lowest BCUT2D eigenvalue weighted by Crippen LogP contribution is -2.41. The highest BCUT2D eigenvalue weighted by Crippen LogP contribution is 2.22. The average Bonchev–Trinajstić information content (AvgIpc) is 2.30. The summed E-state index contributed by atoms with van der Waals surface area (Å²) in [4.78, 5) is 23.5. The van der Waals surface area contributed by atoms with E-state index >= 15 is 0 Å². The molecule has 86 valence electrons. The molecule has 1 atom stereocenters. The largest absolute Gasteiger partial charge is 0.341 e. The third-order valence-corrected chi connectivity index (χ3v) is 3.00. The number of thioether (sulfide) groups is 1. The van der Waals surface area contributed by atoms with Gasteiger partial charge in [-0.1, -0.05) is 18.2 Å². The first-order chi connectivity index (χ1) is 7.63. The molecular weight excluding hydrogens is 224 g/mol. The quantitative estimate of drug-likeness (QED) is 0.787. The minimum atomic E-state index is -0.481. The summed E-state index contributed by atoms with van der Waals surface area (Å²) in [6, 6.07) is 9.10. The molecule has 0 fully saturated rings. The molecule has 0 aliphatic heterocycles. The predicted octanol–water partition coefficient (Wildman–Crippen LogP) is 1.62. The lowest BCUT2D eigenvalue weighted by atomic mass is 10.4. The Hall–Kier alpha value is -1.49. The normalized spacial score (nSPS) is 11.6. The van der Waals surface area contributed by atoms with Crippen LogP contribution in [0.1, 0.15) is 6.92 Å². The molecule has 0 radical (unpaired) electrons. The van der Waals surface area contributed by atoms with E-state index < -0.39 is 6.03 Å². The summed E-state index contributed by atoms with van der Waals surface area (Å²) in [7, 11) is 1.47. The van der Waals surface area contributed by atoms with Crippen molar-refractivity contribution in [1.82, 2.24) is 10.6 Å². The van der Waals surface area contributed by atoms with Crippen molar-refractivity contribution in [2.75, 3.05) is 7.05 Å². The van der Waals surface area contributed by atoms with Gasteiger partial charge in [-0.05, 0) is 19.1 Å². The molecule has 0 aliphatic rings. The number of hydrogen-bond donors (Lipinski definition) is 2. The van der Waals surface area contributed by atoms with E-state index in [0.29, 0.717) is 0 Å². The molecular formula is C11H14N2O2S. The van der Waals surface area contributed by atoms with Crippen LogP contribution in [0, 0.1) is 0 Å². The van der Waals surface area contributed by atoms with Gasteiger partial charge >= 0.3 is 6.03 Å². The lowest BCUT2D eigenvalue weighted by molar-refractivity contribution is -0.119. The molecule has 3 amide bonds. The van der Waals surface area contributed by atoms with Crippen molar-refractivity contribution in [3.8, 4) is 0 Å². The van der Waals surface area contributed by atoms with Gasteiger partial charge in [0.2, 0.25) is 5.91 Å². The van der Waals surface area contributed by atoms with Crippen molar-refractivity contribution in [3.63, 3.8) is 0 Å². The Morgan fingerprint density at radius 3 is 2.44 bits per heavy atom. The van der Waals surface area contributed by atoms with Crippen molar-refractivity contribution in [1.29, 1.82) is 0 Å². The minimum Gasteiger partial charge on any atom is -0.341 e. The molecule has 0 saturated carbocycles. The van der Waals surface area contributed by atoms with Crippen LogP contribution < -0.4 is 10.6 Å². The van der Waals surface area contributed by atoms with Crippen molar-refractivity contribution in [2.45, 2.75) is 17.1 Å². The summed E-state index contributed by atoms with van der Waals surface area (Å²) in [6.07, 6.45) is 0. The minimum absolute atomic E-state index is 0.298. The molecule has 16 heavy (non-hydrogen) atoms. The van der Waals surface area contributed by atoms with Crippen LogP contribution in [0.3, 0.4) is 0 Å². The first-order valence-electron chi connectivity index (χ1n) is 4.87. The van der Waals surface area contributed by atoms with Crippen LogP contribution in [0.4, 0.5) is 4.79 Å². The van der Waals surface area contributed by atoms with Crippen molar-refractivity contribution in [2.24, 2.45) is 0 Å². The summed E-state index contributed by atoms with van der Waals surface area (Å²) in [6.45, 7) is 1.76. The Balaban J connectivity index is 2.49. The molecule has 4 nitrogen and oxygen atoms in total. The molecule has 0 spiro atoms. The van der Waals surface area contributed by atoms with Crippen LogP contribution >= 0.6 is 11.8 Å². The molecule has 0 bridgehead atoms. The van der Waals surface area contributed by atoms with Gasteiger partial charge in [-0.15, -0.1) is 11.8 Å². The summed E-state index contributed by atoms with van der Waals surface area (Å²) in [5.74, 6) is -0.298. The Labute approximate surface area is 98.8 Å². The molecule has 0 aliphatic carbocycles. The molecule has 1 aromatic rings. The Morgan fingerprint density at radius 2 is 1.88 bits per heavy atom. The van der Waals surface area contributed by atoms with Crippen LogP contribution in [0.15, 0.2) is 35.2 Å². The first kappa shape index (κ1) is 12.6. The van der Waals surface area contributed by atoms with E-state index in [4.69, 9.17) is 0 Å². The second-order valence-electron chi connectivity index (χ2n) is 3.14. The molecule has 0 heterocycles. The fourth-order valence-electron chi connectivity index (χ4n) is 1.03. The van der Waals surface area contributed by atoms with Crippen molar-refractivity contribution in [3.05, 3.63) is 30.3 Å². The highest BCUT2D eigenvalue weighted by Gasteiger charge is 2.15.